The summed E-state index contributed by atoms with van der Waals surface area (Å²) >= 11 is 1.88. The molecule has 1 aliphatic carbocycles. The minimum atomic E-state index is -0.0876. The van der Waals surface area contributed by atoms with Gasteiger partial charge in [-0.1, -0.05) is 347 Å². The van der Waals surface area contributed by atoms with E-state index in [9.17, 15) is 0 Å². The van der Waals surface area contributed by atoms with Crippen molar-refractivity contribution in [2.45, 2.75) is 19.3 Å². The number of fused-ring (bicyclic) bond motifs is 23. The summed E-state index contributed by atoms with van der Waals surface area (Å²) in [6, 6.07) is 150. The molecule has 0 saturated heterocycles. The van der Waals surface area contributed by atoms with Crippen LogP contribution in [0.15, 0.2) is 433 Å². The van der Waals surface area contributed by atoms with Crippen LogP contribution in [0.5, 0.6) is 0 Å². The first-order valence-corrected chi connectivity index (χ1v) is 44.9. The molecule has 0 radical (unpaired) electrons. The van der Waals surface area contributed by atoms with E-state index < -0.39 is 0 Å². The van der Waals surface area contributed by atoms with Crippen LogP contribution in [0.3, 0.4) is 0 Å². The number of para-hydroxylation sites is 4. The van der Waals surface area contributed by atoms with Gasteiger partial charge in [-0.2, -0.15) is 0 Å². The van der Waals surface area contributed by atoms with Gasteiger partial charge in [0.25, 0.3) is 0 Å². The zero-order valence-corrected chi connectivity index (χ0v) is 71.6. The second-order valence-corrected chi connectivity index (χ2v) is 35.3. The first-order chi connectivity index (χ1) is 64.1. The van der Waals surface area contributed by atoms with Gasteiger partial charge in [0.05, 0.1) is 33.6 Å². The molecule has 0 N–H and O–H groups in total. The second-order valence-electron chi connectivity index (χ2n) is 34.2. The monoisotopic (exact) mass is 1680 g/mol. The molecule has 9 heteroatoms. The summed E-state index contributed by atoms with van der Waals surface area (Å²) in [7, 11) is 0. The smallest absolute Gasteiger partial charge is 0.160 e. The van der Waals surface area contributed by atoms with E-state index in [1.54, 1.807) is 0 Å². The van der Waals surface area contributed by atoms with Crippen LogP contribution in [-0.4, -0.2) is 29.9 Å². The van der Waals surface area contributed by atoms with Gasteiger partial charge in [0, 0.05) is 118 Å². The Balaban J connectivity index is 0.000000106. The van der Waals surface area contributed by atoms with Gasteiger partial charge in [-0.25, -0.2) is 29.9 Å². The van der Waals surface area contributed by atoms with Gasteiger partial charge >= 0.3 is 0 Å². The van der Waals surface area contributed by atoms with E-state index in [1.807, 2.05) is 72.0 Å². The quantitative estimate of drug-likeness (QED) is 0.132. The molecule has 0 unspecified atom stereocenters. The molecule has 0 amide bonds. The minimum Gasteiger partial charge on any atom is -0.455 e. The molecule has 27 rings (SSSR count). The fraction of sp³-hybridized carbons (Fsp3) is 0.0248. The van der Waals surface area contributed by atoms with Crippen molar-refractivity contribution in [3.63, 3.8) is 0 Å². The van der Waals surface area contributed by atoms with E-state index in [0.29, 0.717) is 5.82 Å². The number of thiophene rings is 1. The Morgan fingerprint density at radius 1 is 0.215 bits per heavy atom. The normalized spacial score (nSPS) is 12.3. The molecule has 608 valence electrons. The van der Waals surface area contributed by atoms with Crippen molar-refractivity contribution in [2.24, 2.45) is 0 Å². The summed E-state index contributed by atoms with van der Waals surface area (Å²) in [6.07, 6.45) is 0. The molecule has 26 aromatic rings. The first kappa shape index (κ1) is 75.8. The lowest BCUT2D eigenvalue weighted by molar-refractivity contribution is 0.660. The molecule has 20 aromatic carbocycles. The predicted octanol–water partition coefficient (Wildman–Crippen LogP) is 33.0. The second kappa shape index (κ2) is 30.9. The van der Waals surface area contributed by atoms with E-state index in [-0.39, 0.29) is 5.41 Å². The maximum Gasteiger partial charge on any atom is 0.160 e. The highest BCUT2D eigenvalue weighted by atomic mass is 32.1. The molecule has 0 fully saturated rings. The molecule has 8 nitrogen and oxygen atoms in total. The molecule has 0 aliphatic heterocycles. The van der Waals surface area contributed by atoms with Gasteiger partial charge in [-0.15, -0.1) is 11.3 Å². The van der Waals surface area contributed by atoms with Crippen molar-refractivity contribution >= 4 is 151 Å². The van der Waals surface area contributed by atoms with Crippen LogP contribution in [0.1, 0.15) is 25.0 Å². The number of aromatic nitrogens is 6. The highest BCUT2D eigenvalue weighted by Crippen LogP contribution is 2.51. The Kier molecular flexibility index (Phi) is 18.0. The van der Waals surface area contributed by atoms with Gasteiger partial charge in [0.15, 0.2) is 17.5 Å². The molecule has 0 spiro atoms. The maximum atomic E-state index is 6.38. The molecular weight excluding hydrogens is 1600 g/mol. The van der Waals surface area contributed by atoms with Crippen molar-refractivity contribution in [1.82, 2.24) is 29.9 Å². The lowest BCUT2D eigenvalue weighted by Crippen LogP contribution is -2.14. The lowest BCUT2D eigenvalue weighted by Gasteiger charge is -2.22. The fourth-order valence-electron chi connectivity index (χ4n) is 19.7. The number of benzene rings is 20. The summed E-state index contributed by atoms with van der Waals surface area (Å²) in [5.74, 6) is 2.17. The highest BCUT2D eigenvalue weighted by Gasteiger charge is 2.36. The minimum absolute atomic E-state index is 0.0876. The van der Waals surface area contributed by atoms with Gasteiger partial charge in [0.2, 0.25) is 0 Å². The van der Waals surface area contributed by atoms with E-state index in [4.69, 9.17) is 38.7 Å². The summed E-state index contributed by atoms with van der Waals surface area (Å²) < 4.78 is 15.4. The fourth-order valence-corrected chi connectivity index (χ4v) is 20.9. The third-order valence-corrected chi connectivity index (χ3v) is 27.4. The topological polar surface area (TPSA) is 104 Å². The SMILES string of the molecule is CC1(C)c2ccccc2-c2ccc(-c3nc(-c4cccc(-c5ccc6ccc7c8ccccc8oc7c6c5)c4)nc4ccccc34)cc21.c1ccc(-c2nc(-c3cccc(-c4ccc5ccc6c7ccccc7oc6c5c4)c3)nc3ccccc23)cc1.c1ccc(-c2nc(-c3cccc(-c4ccc5ccc6c7ccccc7sc6c5c4)c3)nc3c2ccc2ccccc23)cc1. The Bertz CT molecular complexity index is 9130. The van der Waals surface area contributed by atoms with E-state index >= 15 is 0 Å². The van der Waals surface area contributed by atoms with Crippen LogP contribution in [0, 0.1) is 0 Å². The number of hydrogen-bond acceptors (Lipinski definition) is 9. The molecule has 130 heavy (non-hydrogen) atoms. The van der Waals surface area contributed by atoms with Crippen LogP contribution in [0.4, 0.5) is 0 Å². The van der Waals surface area contributed by atoms with Crippen LogP contribution in [0.25, 0.3) is 252 Å². The third-order valence-electron chi connectivity index (χ3n) is 26.2. The number of nitrogens with zero attached hydrogens (tertiary/aromatic N) is 6. The van der Waals surface area contributed by atoms with E-state index in [1.165, 1.54) is 64.1 Å². The molecule has 0 atom stereocenters. The Morgan fingerprint density at radius 3 is 1.15 bits per heavy atom. The van der Waals surface area contributed by atoms with E-state index in [2.05, 4.69) is 378 Å². The zero-order valence-electron chi connectivity index (χ0n) is 70.8. The molecule has 0 bridgehead atoms. The maximum absolute atomic E-state index is 6.38. The van der Waals surface area contributed by atoms with E-state index in [0.717, 1.165) is 193 Å². The largest absolute Gasteiger partial charge is 0.455 e. The molecule has 1 aliphatic rings. The molecule has 0 saturated carbocycles. The van der Waals surface area contributed by atoms with Gasteiger partial charge in [0.1, 0.15) is 22.3 Å². The number of rotatable bonds is 9. The standard InChI is InChI=1S/C45H30N2O.C40H24N2S.C36H22N2O/c1-45(2)38-15-6-3-12-32(38)33-22-21-30(26-39(33)45)42-36-14-4-7-16-40(36)46-44(47-42)31-11-9-10-28(24-31)29-19-18-27-20-23-35-34-13-5-8-17-41(34)48-43(35)37(27)25-29;1-2-10-27(11-3-1)37-34-22-20-25-9-4-5-14-31(25)38(34)42-40(41-37)30-13-8-12-28(23-30)29-18-17-26-19-21-33-32-15-6-7-16-36(32)43-39(33)35(26)24-29;1-2-9-24(10-3-1)34-30-14-4-6-15-32(30)37-36(38-34)27-12-8-11-25(21-27)26-18-17-23-19-20-29-28-13-5-7-16-33(28)39-35(29)31(23)22-26/h3-26H,1-2H3;1-24H;1-22H. The average Bonchev–Trinajstić information content (AvgIpc) is 1.08. The summed E-state index contributed by atoms with van der Waals surface area (Å²) in [4.78, 5) is 30.8. The van der Waals surface area contributed by atoms with Crippen molar-refractivity contribution in [3.8, 4) is 112 Å². The lowest BCUT2D eigenvalue weighted by atomic mass is 9.82. The van der Waals surface area contributed by atoms with Crippen LogP contribution < -0.4 is 0 Å². The van der Waals surface area contributed by atoms with Gasteiger partial charge < -0.3 is 8.83 Å². The van der Waals surface area contributed by atoms with Crippen molar-refractivity contribution < 1.29 is 8.83 Å². The van der Waals surface area contributed by atoms with Crippen molar-refractivity contribution in [2.75, 3.05) is 0 Å². The average molecular weight is 1680 g/mol. The number of hydrogen-bond donors (Lipinski definition) is 0. The zero-order chi connectivity index (χ0) is 86.1. The van der Waals surface area contributed by atoms with Crippen LogP contribution in [-0.2, 0) is 5.41 Å². The summed E-state index contributed by atoms with van der Waals surface area (Å²) in [5, 5.41) is 19.8. The van der Waals surface area contributed by atoms with Crippen LogP contribution in [0.2, 0.25) is 0 Å². The van der Waals surface area contributed by atoms with Crippen molar-refractivity contribution in [3.05, 3.63) is 436 Å². The molecule has 6 heterocycles. The summed E-state index contributed by atoms with van der Waals surface area (Å²) in [6.45, 7) is 4.64. The first-order valence-electron chi connectivity index (χ1n) is 44.1. The number of furan rings is 2. The molecular formula is C121H76N6O2S. The van der Waals surface area contributed by atoms with Gasteiger partial charge in [-0.05, 0) is 168 Å². The van der Waals surface area contributed by atoms with Crippen LogP contribution >= 0.6 is 11.3 Å². The third kappa shape index (κ3) is 13.0. The van der Waals surface area contributed by atoms with Crippen molar-refractivity contribution in [1.29, 1.82) is 0 Å². The summed E-state index contributed by atoms with van der Waals surface area (Å²) in [5.41, 5.74) is 27.7. The Morgan fingerprint density at radius 2 is 0.592 bits per heavy atom. The molecule has 6 aromatic heterocycles. The highest BCUT2D eigenvalue weighted by molar-refractivity contribution is 7.26. The predicted molar refractivity (Wildman–Crippen MR) is 543 cm³/mol. The van der Waals surface area contributed by atoms with Gasteiger partial charge in [-0.3, -0.25) is 0 Å². The Hall–Kier alpha value is -16.7. The Labute approximate surface area is 752 Å².